The first kappa shape index (κ1) is 17.5. The van der Waals surface area contributed by atoms with Gasteiger partial charge in [0.25, 0.3) is 0 Å². The van der Waals surface area contributed by atoms with E-state index in [0.717, 1.165) is 0 Å². The molecule has 0 aromatic rings. The van der Waals surface area contributed by atoms with E-state index in [2.05, 4.69) is 0 Å². The lowest BCUT2D eigenvalue weighted by Gasteiger charge is -2.40. The number of hydrogen-bond acceptors (Lipinski definition) is 8. The van der Waals surface area contributed by atoms with Gasteiger partial charge in [-0.05, 0) is 13.3 Å². The van der Waals surface area contributed by atoms with E-state index in [1.54, 1.807) is 6.92 Å². The molecule has 2 rings (SSSR count). The summed E-state index contributed by atoms with van der Waals surface area (Å²) in [5, 5.41) is 48.2. The molecule has 128 valence electrons. The molecule has 2 aliphatic heterocycles. The Hall–Kier alpha value is -0.810. The number of hydrogen-bond donors (Lipinski definition) is 5. The zero-order valence-electron chi connectivity index (χ0n) is 12.2. The van der Waals surface area contributed by atoms with Gasteiger partial charge in [0.1, 0.15) is 24.4 Å². The van der Waals surface area contributed by atoms with Crippen LogP contribution >= 0.6 is 0 Å². The van der Waals surface area contributed by atoms with E-state index in [0.29, 0.717) is 12.8 Å². The highest BCUT2D eigenvalue weighted by molar-refractivity contribution is 5.49. The first-order valence-corrected chi connectivity index (χ1v) is 7.23. The number of ether oxygens (including phenoxy) is 2. The summed E-state index contributed by atoms with van der Waals surface area (Å²) in [7, 11) is 0. The van der Waals surface area contributed by atoms with E-state index in [9.17, 15) is 25.2 Å². The molecule has 0 aromatic heterocycles. The van der Waals surface area contributed by atoms with Crippen LogP contribution in [0.1, 0.15) is 13.3 Å². The number of amides is 1. The zero-order chi connectivity index (χ0) is 16.4. The minimum absolute atomic E-state index is 0.104. The van der Waals surface area contributed by atoms with Gasteiger partial charge in [-0.3, -0.25) is 4.79 Å². The lowest BCUT2D eigenvalue weighted by molar-refractivity contribution is -0.303. The Kier molecular flexibility index (Phi) is 5.72. The van der Waals surface area contributed by atoms with Crippen LogP contribution in [0.4, 0.5) is 0 Å². The minimum atomic E-state index is -1.52. The van der Waals surface area contributed by atoms with E-state index < -0.39 is 49.5 Å². The fourth-order valence-corrected chi connectivity index (χ4v) is 2.93. The average molecular weight is 321 g/mol. The number of aliphatic hydroxyl groups excluding tert-OH is 5. The van der Waals surface area contributed by atoms with Gasteiger partial charge in [0, 0.05) is 6.04 Å². The summed E-state index contributed by atoms with van der Waals surface area (Å²) in [6, 6.07) is -0.712. The quantitative estimate of drug-likeness (QED) is 0.333. The maximum atomic E-state index is 11.1. The Labute approximate surface area is 127 Å². The van der Waals surface area contributed by atoms with Crippen LogP contribution in [-0.4, -0.2) is 98.9 Å². The number of carbonyl (C=O) groups is 1. The topological polar surface area (TPSA) is 140 Å². The smallest absolute Gasteiger partial charge is 0.210 e. The molecule has 22 heavy (non-hydrogen) atoms. The minimum Gasteiger partial charge on any atom is -0.394 e. The van der Waals surface area contributed by atoms with E-state index in [1.807, 2.05) is 0 Å². The molecule has 9 heteroatoms. The molecule has 8 atom stereocenters. The molecule has 2 aliphatic rings. The fourth-order valence-electron chi connectivity index (χ4n) is 2.93. The van der Waals surface area contributed by atoms with Crippen LogP contribution in [0, 0.1) is 0 Å². The van der Waals surface area contributed by atoms with Crippen molar-refractivity contribution < 1.29 is 39.8 Å². The van der Waals surface area contributed by atoms with Gasteiger partial charge in [-0.15, -0.1) is 0 Å². The first-order chi connectivity index (χ1) is 10.4. The monoisotopic (exact) mass is 321 g/mol. The van der Waals surface area contributed by atoms with Crippen molar-refractivity contribution >= 4 is 6.41 Å². The SMILES string of the molecule is C[C@H]1C[C@@H](O)[C@H](COC2OC(CO)C(O)C(O)C2O)N1C=O. The molecular weight excluding hydrogens is 298 g/mol. The highest BCUT2D eigenvalue weighted by Crippen LogP contribution is 2.26. The number of likely N-dealkylation sites (tertiary alicyclic amines) is 1. The Bertz CT molecular complexity index is 381. The summed E-state index contributed by atoms with van der Waals surface area (Å²) < 4.78 is 10.6. The second kappa shape index (κ2) is 7.18. The van der Waals surface area contributed by atoms with Crippen LogP contribution in [-0.2, 0) is 14.3 Å². The number of nitrogens with zero attached hydrogens (tertiary/aromatic N) is 1. The van der Waals surface area contributed by atoms with E-state index in [1.165, 1.54) is 4.90 Å². The maximum Gasteiger partial charge on any atom is 0.210 e. The van der Waals surface area contributed by atoms with Gasteiger partial charge in [0.2, 0.25) is 6.41 Å². The standard InChI is InChI=1S/C13H23NO8/c1-6-2-8(17)7(14(6)5-16)4-21-13-12(20)11(19)10(18)9(3-15)22-13/h5-13,15,17-20H,2-4H2,1H3/t6-,7-,8+,9?,10?,11?,12?,13?/m0/s1. The van der Waals surface area contributed by atoms with Crippen molar-refractivity contribution in [3.8, 4) is 0 Å². The van der Waals surface area contributed by atoms with Gasteiger partial charge in [-0.1, -0.05) is 0 Å². The molecule has 0 aliphatic carbocycles. The lowest BCUT2D eigenvalue weighted by Crippen LogP contribution is -2.59. The molecule has 0 aromatic carbocycles. The molecule has 1 amide bonds. The molecule has 5 unspecified atom stereocenters. The van der Waals surface area contributed by atoms with Crippen molar-refractivity contribution in [2.24, 2.45) is 0 Å². The molecule has 2 fully saturated rings. The third-order valence-electron chi connectivity index (χ3n) is 4.32. The fraction of sp³-hybridized carbons (Fsp3) is 0.923. The third kappa shape index (κ3) is 3.25. The van der Waals surface area contributed by atoms with Crippen molar-refractivity contribution in [1.29, 1.82) is 0 Å². The Morgan fingerprint density at radius 1 is 1.23 bits per heavy atom. The van der Waals surface area contributed by atoms with Crippen LogP contribution < -0.4 is 0 Å². The Balaban J connectivity index is 1.96. The predicted octanol–water partition coefficient (Wildman–Crippen LogP) is -3.22. The van der Waals surface area contributed by atoms with Crippen molar-refractivity contribution in [3.05, 3.63) is 0 Å². The second-order valence-electron chi connectivity index (χ2n) is 5.80. The normalized spacial score (nSPS) is 46.0. The van der Waals surface area contributed by atoms with E-state index in [4.69, 9.17) is 14.6 Å². The van der Waals surface area contributed by atoms with Gasteiger partial charge in [0.15, 0.2) is 6.29 Å². The number of rotatable bonds is 5. The van der Waals surface area contributed by atoms with Crippen LogP contribution in [0.25, 0.3) is 0 Å². The van der Waals surface area contributed by atoms with E-state index >= 15 is 0 Å². The summed E-state index contributed by atoms with van der Waals surface area (Å²) in [6.45, 7) is 1.15. The molecule has 2 saturated heterocycles. The second-order valence-corrected chi connectivity index (χ2v) is 5.80. The Morgan fingerprint density at radius 3 is 2.50 bits per heavy atom. The summed E-state index contributed by atoms with van der Waals surface area (Å²) in [5.74, 6) is 0. The van der Waals surface area contributed by atoms with E-state index in [-0.39, 0.29) is 12.6 Å². The molecule has 0 saturated carbocycles. The highest BCUT2D eigenvalue weighted by Gasteiger charge is 2.45. The average Bonchev–Trinajstić information content (AvgIpc) is 2.77. The Morgan fingerprint density at radius 2 is 1.91 bits per heavy atom. The largest absolute Gasteiger partial charge is 0.394 e. The molecule has 9 nitrogen and oxygen atoms in total. The molecular formula is C13H23NO8. The van der Waals surface area contributed by atoms with Gasteiger partial charge < -0.3 is 39.9 Å². The zero-order valence-corrected chi connectivity index (χ0v) is 12.2. The van der Waals surface area contributed by atoms with Gasteiger partial charge >= 0.3 is 0 Å². The van der Waals surface area contributed by atoms with Crippen molar-refractivity contribution in [2.45, 2.75) is 62.2 Å². The van der Waals surface area contributed by atoms with Crippen molar-refractivity contribution in [3.63, 3.8) is 0 Å². The summed E-state index contributed by atoms with van der Waals surface area (Å²) in [5.41, 5.74) is 0. The lowest BCUT2D eigenvalue weighted by atomic mass is 9.99. The first-order valence-electron chi connectivity index (χ1n) is 7.23. The molecule has 0 bridgehead atoms. The van der Waals surface area contributed by atoms with Crippen LogP contribution in [0.15, 0.2) is 0 Å². The summed E-state index contributed by atoms with van der Waals surface area (Å²) in [4.78, 5) is 12.5. The highest BCUT2D eigenvalue weighted by atomic mass is 16.7. The maximum absolute atomic E-state index is 11.1. The number of carbonyl (C=O) groups excluding carboxylic acids is 1. The predicted molar refractivity (Wildman–Crippen MR) is 71.5 cm³/mol. The van der Waals surface area contributed by atoms with Crippen molar-refractivity contribution in [1.82, 2.24) is 4.90 Å². The molecule has 0 spiro atoms. The third-order valence-corrected chi connectivity index (χ3v) is 4.32. The molecule has 2 heterocycles. The van der Waals surface area contributed by atoms with Crippen LogP contribution in [0.2, 0.25) is 0 Å². The van der Waals surface area contributed by atoms with Crippen LogP contribution in [0.5, 0.6) is 0 Å². The van der Waals surface area contributed by atoms with Crippen LogP contribution in [0.3, 0.4) is 0 Å². The summed E-state index contributed by atoms with van der Waals surface area (Å²) in [6.07, 6.45) is -6.52. The molecule has 5 N–H and O–H groups in total. The van der Waals surface area contributed by atoms with Gasteiger partial charge in [0.05, 0.1) is 25.4 Å². The number of aliphatic hydroxyl groups is 5. The van der Waals surface area contributed by atoms with Crippen molar-refractivity contribution in [2.75, 3.05) is 13.2 Å². The van der Waals surface area contributed by atoms with Gasteiger partial charge in [-0.25, -0.2) is 0 Å². The van der Waals surface area contributed by atoms with Gasteiger partial charge in [-0.2, -0.15) is 0 Å². The summed E-state index contributed by atoms with van der Waals surface area (Å²) >= 11 is 0. The molecule has 0 radical (unpaired) electrons.